The van der Waals surface area contributed by atoms with Crippen LogP contribution in [0.1, 0.15) is 11.1 Å². The Bertz CT molecular complexity index is 934. The van der Waals surface area contributed by atoms with E-state index in [0.29, 0.717) is 11.4 Å². The van der Waals surface area contributed by atoms with E-state index in [2.05, 4.69) is 10.3 Å². The van der Waals surface area contributed by atoms with E-state index >= 15 is 0 Å². The molecule has 3 rings (SSSR count). The lowest BCUT2D eigenvalue weighted by atomic mass is 10.0. The van der Waals surface area contributed by atoms with Gasteiger partial charge in [0.15, 0.2) is 0 Å². The van der Waals surface area contributed by atoms with E-state index in [1.54, 1.807) is 30.2 Å². The molecule has 0 atom stereocenters. The summed E-state index contributed by atoms with van der Waals surface area (Å²) in [5, 5.41) is 23.7. The van der Waals surface area contributed by atoms with Crippen LogP contribution in [0.15, 0.2) is 48.9 Å². The number of aliphatic hydroxyl groups is 1. The summed E-state index contributed by atoms with van der Waals surface area (Å²) in [6.45, 7) is 1.88. The summed E-state index contributed by atoms with van der Waals surface area (Å²) in [6, 6.07) is 10.4. The number of aryl methyl sites for hydroxylation is 1. The Labute approximate surface area is 144 Å². The van der Waals surface area contributed by atoms with Gasteiger partial charge in [-0.3, -0.25) is 10.1 Å². The van der Waals surface area contributed by atoms with E-state index in [0.717, 1.165) is 22.4 Å². The van der Waals surface area contributed by atoms with Crippen molar-refractivity contribution in [1.82, 2.24) is 9.55 Å². The summed E-state index contributed by atoms with van der Waals surface area (Å²) in [5.74, 6) is 0. The molecule has 0 unspecified atom stereocenters. The lowest BCUT2D eigenvalue weighted by Crippen LogP contribution is -2.00. The Morgan fingerprint density at radius 2 is 2.08 bits per heavy atom. The van der Waals surface area contributed by atoms with Crippen LogP contribution in [0.3, 0.4) is 0 Å². The van der Waals surface area contributed by atoms with Crippen molar-refractivity contribution in [3.05, 3.63) is 70.2 Å². The quantitative estimate of drug-likeness (QED) is 0.550. The summed E-state index contributed by atoms with van der Waals surface area (Å²) in [5.41, 5.74) is 4.77. The maximum atomic E-state index is 11.1. The Kier molecular flexibility index (Phi) is 4.49. The van der Waals surface area contributed by atoms with Crippen LogP contribution in [0.2, 0.25) is 0 Å². The van der Waals surface area contributed by atoms with Gasteiger partial charge in [0.05, 0.1) is 34.9 Å². The molecular formula is C18H18N4O3. The van der Waals surface area contributed by atoms with Gasteiger partial charge in [0.2, 0.25) is 0 Å². The Hall–Kier alpha value is -3.19. The number of nitro benzene ring substituents is 1. The highest BCUT2D eigenvalue weighted by atomic mass is 16.6. The highest BCUT2D eigenvalue weighted by Gasteiger charge is 2.14. The lowest BCUT2D eigenvalue weighted by molar-refractivity contribution is -0.384. The molecule has 7 heteroatoms. The van der Waals surface area contributed by atoms with Crippen LogP contribution in [-0.4, -0.2) is 26.6 Å². The van der Waals surface area contributed by atoms with E-state index in [4.69, 9.17) is 0 Å². The van der Waals surface area contributed by atoms with E-state index in [1.165, 1.54) is 12.1 Å². The van der Waals surface area contributed by atoms with Crippen molar-refractivity contribution in [2.45, 2.75) is 13.5 Å². The normalized spacial score (nSPS) is 10.7. The van der Waals surface area contributed by atoms with Crippen molar-refractivity contribution >= 4 is 11.4 Å². The molecule has 25 heavy (non-hydrogen) atoms. The summed E-state index contributed by atoms with van der Waals surface area (Å²) < 4.78 is 1.73. The Balaban J connectivity index is 2.08. The molecule has 1 heterocycles. The first kappa shape index (κ1) is 16.7. The number of rotatable bonds is 5. The second-order valence-electron chi connectivity index (χ2n) is 5.69. The van der Waals surface area contributed by atoms with Gasteiger partial charge >= 0.3 is 0 Å². The number of nitro groups is 1. The highest BCUT2D eigenvalue weighted by Crippen LogP contribution is 2.28. The summed E-state index contributed by atoms with van der Waals surface area (Å²) in [6.07, 6.45) is 3.40. The van der Waals surface area contributed by atoms with Gasteiger partial charge in [-0.2, -0.15) is 0 Å². The van der Waals surface area contributed by atoms with Crippen LogP contribution >= 0.6 is 0 Å². The van der Waals surface area contributed by atoms with Crippen LogP contribution in [0, 0.1) is 17.0 Å². The number of aromatic nitrogens is 2. The second-order valence-corrected chi connectivity index (χ2v) is 5.69. The molecule has 0 bridgehead atoms. The molecule has 128 valence electrons. The number of nitrogens with zero attached hydrogens (tertiary/aromatic N) is 3. The first-order valence-electron chi connectivity index (χ1n) is 7.75. The third-order valence-corrected chi connectivity index (χ3v) is 4.03. The van der Waals surface area contributed by atoms with Crippen molar-refractivity contribution in [2.24, 2.45) is 0 Å². The molecule has 1 aromatic heterocycles. The third-order valence-electron chi connectivity index (χ3n) is 4.03. The van der Waals surface area contributed by atoms with Crippen LogP contribution in [0.4, 0.5) is 11.4 Å². The van der Waals surface area contributed by atoms with Gasteiger partial charge in [0.1, 0.15) is 0 Å². The lowest BCUT2D eigenvalue weighted by Gasteiger charge is -2.09. The van der Waals surface area contributed by atoms with Crippen LogP contribution in [0.5, 0.6) is 0 Å². The summed E-state index contributed by atoms with van der Waals surface area (Å²) in [7, 11) is 1.76. The molecule has 0 aliphatic rings. The minimum Gasteiger partial charge on any atom is -0.392 e. The van der Waals surface area contributed by atoms with Crippen molar-refractivity contribution in [3.63, 3.8) is 0 Å². The maximum Gasteiger partial charge on any atom is 0.271 e. The molecule has 0 aliphatic carbocycles. The zero-order valence-corrected chi connectivity index (χ0v) is 13.9. The van der Waals surface area contributed by atoms with E-state index < -0.39 is 4.92 Å². The van der Waals surface area contributed by atoms with E-state index in [-0.39, 0.29) is 12.3 Å². The summed E-state index contributed by atoms with van der Waals surface area (Å²) in [4.78, 5) is 15.0. The van der Waals surface area contributed by atoms with Crippen molar-refractivity contribution in [2.75, 3.05) is 12.4 Å². The molecule has 3 aromatic rings. The number of nitrogens with one attached hydrogen (secondary N) is 1. The molecule has 0 spiro atoms. The number of anilines is 1. The Morgan fingerprint density at radius 3 is 2.76 bits per heavy atom. The molecular weight excluding hydrogens is 320 g/mol. The third kappa shape index (κ3) is 3.22. The topological polar surface area (TPSA) is 93.2 Å². The number of hydrogen-bond acceptors (Lipinski definition) is 5. The first-order valence-corrected chi connectivity index (χ1v) is 7.75. The average molecular weight is 338 g/mol. The SMILES string of the molecule is CNc1ccc([N+](=O)[O-])cc1-n1cnc(-c2ccc(C)cc2CO)c1. The van der Waals surface area contributed by atoms with Gasteiger partial charge in [-0.05, 0) is 18.6 Å². The van der Waals surface area contributed by atoms with Gasteiger partial charge < -0.3 is 15.0 Å². The Morgan fingerprint density at radius 1 is 1.28 bits per heavy atom. The number of aliphatic hydroxyl groups excluding tert-OH is 1. The fourth-order valence-corrected chi connectivity index (χ4v) is 2.76. The van der Waals surface area contributed by atoms with E-state index in [9.17, 15) is 15.2 Å². The van der Waals surface area contributed by atoms with Crippen molar-refractivity contribution in [1.29, 1.82) is 0 Å². The predicted molar refractivity (Wildman–Crippen MR) is 95.9 cm³/mol. The molecule has 2 aromatic carbocycles. The van der Waals surface area contributed by atoms with Gasteiger partial charge in [0, 0.05) is 30.9 Å². The van der Waals surface area contributed by atoms with Crippen molar-refractivity contribution in [3.8, 4) is 16.9 Å². The molecule has 0 radical (unpaired) electrons. The fraction of sp³-hybridized carbons (Fsp3) is 0.167. The maximum absolute atomic E-state index is 11.1. The van der Waals surface area contributed by atoms with Crippen LogP contribution < -0.4 is 5.32 Å². The zero-order valence-electron chi connectivity index (χ0n) is 13.9. The molecule has 0 fully saturated rings. The standard InChI is InChI=1S/C18H18N4O3/c1-12-3-5-15(13(7-12)10-23)17-9-21(11-20-17)18-8-14(22(24)25)4-6-16(18)19-2/h3-9,11,19,23H,10H2,1-2H3. The van der Waals surface area contributed by atoms with Gasteiger partial charge in [-0.25, -0.2) is 4.98 Å². The number of non-ortho nitro benzene ring substituents is 1. The monoisotopic (exact) mass is 338 g/mol. The smallest absolute Gasteiger partial charge is 0.271 e. The largest absolute Gasteiger partial charge is 0.392 e. The van der Waals surface area contributed by atoms with E-state index in [1.807, 2.05) is 25.1 Å². The molecule has 0 saturated carbocycles. The van der Waals surface area contributed by atoms with Gasteiger partial charge in [-0.15, -0.1) is 0 Å². The first-order chi connectivity index (χ1) is 12.0. The minimum absolute atomic E-state index is 0.00985. The molecule has 7 nitrogen and oxygen atoms in total. The van der Waals surface area contributed by atoms with Crippen LogP contribution in [0.25, 0.3) is 16.9 Å². The van der Waals surface area contributed by atoms with Crippen molar-refractivity contribution < 1.29 is 10.0 Å². The molecule has 0 aliphatic heterocycles. The minimum atomic E-state index is -0.426. The fourth-order valence-electron chi connectivity index (χ4n) is 2.76. The zero-order chi connectivity index (χ0) is 18.0. The number of imidazole rings is 1. The molecule has 2 N–H and O–H groups in total. The second kappa shape index (κ2) is 6.74. The molecule has 0 amide bonds. The highest BCUT2D eigenvalue weighted by molar-refractivity contribution is 5.68. The molecule has 0 saturated heterocycles. The van der Waals surface area contributed by atoms with Crippen LogP contribution in [-0.2, 0) is 6.61 Å². The van der Waals surface area contributed by atoms with Gasteiger partial charge in [0.25, 0.3) is 5.69 Å². The average Bonchev–Trinajstić information content (AvgIpc) is 3.10. The predicted octanol–water partition coefficient (Wildman–Crippen LogP) is 3.29. The summed E-state index contributed by atoms with van der Waals surface area (Å²) >= 11 is 0. The van der Waals surface area contributed by atoms with Gasteiger partial charge in [-0.1, -0.05) is 23.8 Å². The number of hydrogen-bond donors (Lipinski definition) is 2. The number of benzene rings is 2.